The molecule has 6 nitrogen and oxygen atoms in total. The van der Waals surface area contributed by atoms with Gasteiger partial charge in [-0.25, -0.2) is 4.79 Å². The predicted octanol–water partition coefficient (Wildman–Crippen LogP) is 3.10. The second-order valence-electron chi connectivity index (χ2n) is 6.14. The molecule has 0 aliphatic carbocycles. The lowest BCUT2D eigenvalue weighted by Gasteiger charge is -2.17. The molecular weight excluding hydrogens is 368 g/mol. The predicted molar refractivity (Wildman–Crippen MR) is 106 cm³/mol. The van der Waals surface area contributed by atoms with Crippen LogP contribution in [0.4, 0.5) is 5.69 Å². The summed E-state index contributed by atoms with van der Waals surface area (Å²) in [6.45, 7) is 0.375. The van der Waals surface area contributed by atoms with E-state index in [1.54, 1.807) is 49.5 Å². The number of hydrogen-bond donors (Lipinski definition) is 0. The van der Waals surface area contributed by atoms with Crippen LogP contribution in [-0.4, -0.2) is 57.7 Å². The van der Waals surface area contributed by atoms with Crippen molar-refractivity contribution in [1.82, 2.24) is 4.90 Å². The maximum absolute atomic E-state index is 12.1. The third kappa shape index (κ3) is 6.49. The zero-order valence-electron chi connectivity index (χ0n) is 15.6. The van der Waals surface area contributed by atoms with Crippen LogP contribution < -0.4 is 9.64 Å². The van der Waals surface area contributed by atoms with Crippen molar-refractivity contribution < 1.29 is 19.1 Å². The molecule has 0 saturated heterocycles. The molecule has 0 aromatic heterocycles. The van der Waals surface area contributed by atoms with Crippen molar-refractivity contribution in [2.45, 2.75) is 0 Å². The number of carbonyl (C=O) groups excluding carboxylic acids is 2. The third-order valence-corrected chi connectivity index (χ3v) is 4.11. The molecule has 27 heavy (non-hydrogen) atoms. The van der Waals surface area contributed by atoms with E-state index in [9.17, 15) is 9.59 Å². The minimum atomic E-state index is -0.530. The lowest BCUT2D eigenvalue weighted by Crippen LogP contribution is -2.34. The van der Waals surface area contributed by atoms with Crippen molar-refractivity contribution in [2.75, 3.05) is 45.8 Å². The number of nitrogens with zero attached hydrogens (tertiary/aromatic N) is 2. The molecule has 2 aromatic rings. The first-order valence-corrected chi connectivity index (χ1v) is 8.81. The highest BCUT2D eigenvalue weighted by Crippen LogP contribution is 2.16. The topological polar surface area (TPSA) is 59.1 Å². The lowest BCUT2D eigenvalue weighted by atomic mass is 10.2. The quantitative estimate of drug-likeness (QED) is 0.648. The summed E-state index contributed by atoms with van der Waals surface area (Å²) < 4.78 is 10.7. The van der Waals surface area contributed by atoms with E-state index in [0.29, 0.717) is 29.5 Å². The first-order valence-electron chi connectivity index (χ1n) is 8.43. The average Bonchev–Trinajstić information content (AvgIpc) is 2.67. The Bertz CT molecular complexity index is 778. The van der Waals surface area contributed by atoms with Crippen LogP contribution in [0.1, 0.15) is 10.4 Å². The maximum atomic E-state index is 12.1. The summed E-state index contributed by atoms with van der Waals surface area (Å²) in [7, 11) is 5.40. The molecule has 2 aromatic carbocycles. The molecule has 0 saturated carbocycles. The SMILES string of the molecule is CN(CCOc1ccc(Cl)cc1)C(=O)COC(=O)c1cccc(N(C)C)c1. The Morgan fingerprint density at radius 1 is 1.04 bits per heavy atom. The van der Waals surface area contributed by atoms with Gasteiger partial charge in [-0.3, -0.25) is 4.79 Å². The maximum Gasteiger partial charge on any atom is 0.338 e. The molecule has 0 radical (unpaired) electrons. The number of likely N-dealkylation sites (N-methyl/N-ethyl adjacent to an activating group) is 1. The largest absolute Gasteiger partial charge is 0.492 e. The fourth-order valence-electron chi connectivity index (χ4n) is 2.19. The Morgan fingerprint density at radius 2 is 1.74 bits per heavy atom. The fraction of sp³-hybridized carbons (Fsp3) is 0.300. The van der Waals surface area contributed by atoms with E-state index in [-0.39, 0.29) is 12.5 Å². The van der Waals surface area contributed by atoms with Crippen LogP contribution in [0.25, 0.3) is 0 Å². The van der Waals surface area contributed by atoms with E-state index in [4.69, 9.17) is 21.1 Å². The van der Waals surface area contributed by atoms with Gasteiger partial charge in [-0.1, -0.05) is 17.7 Å². The normalized spacial score (nSPS) is 10.2. The number of ether oxygens (including phenoxy) is 2. The molecule has 0 bridgehead atoms. The van der Waals surface area contributed by atoms with E-state index < -0.39 is 5.97 Å². The summed E-state index contributed by atoms with van der Waals surface area (Å²) in [5.41, 5.74) is 1.29. The van der Waals surface area contributed by atoms with Crippen molar-refractivity contribution in [2.24, 2.45) is 0 Å². The van der Waals surface area contributed by atoms with E-state index in [2.05, 4.69) is 0 Å². The minimum absolute atomic E-state index is 0.299. The number of anilines is 1. The molecule has 0 aliphatic heterocycles. The van der Waals surface area contributed by atoms with E-state index in [0.717, 1.165) is 5.69 Å². The Labute approximate surface area is 164 Å². The summed E-state index contributed by atoms with van der Waals surface area (Å²) in [5.74, 6) is -0.155. The second-order valence-corrected chi connectivity index (χ2v) is 6.57. The Kier molecular flexibility index (Phi) is 7.49. The van der Waals surface area contributed by atoms with E-state index in [1.165, 1.54) is 4.90 Å². The molecule has 0 atom stereocenters. The molecule has 144 valence electrons. The van der Waals surface area contributed by atoms with Gasteiger partial charge in [0.25, 0.3) is 5.91 Å². The zero-order valence-corrected chi connectivity index (χ0v) is 16.4. The highest BCUT2D eigenvalue weighted by molar-refractivity contribution is 6.30. The van der Waals surface area contributed by atoms with Gasteiger partial charge in [-0.05, 0) is 42.5 Å². The van der Waals surface area contributed by atoms with Crippen molar-refractivity contribution in [3.05, 3.63) is 59.1 Å². The Balaban J connectivity index is 1.76. The molecule has 0 spiro atoms. The minimum Gasteiger partial charge on any atom is -0.492 e. The number of rotatable bonds is 8. The monoisotopic (exact) mass is 390 g/mol. The lowest BCUT2D eigenvalue weighted by molar-refractivity contribution is -0.133. The van der Waals surface area contributed by atoms with Gasteiger partial charge in [-0.2, -0.15) is 0 Å². The van der Waals surface area contributed by atoms with Crippen molar-refractivity contribution in [3.8, 4) is 5.75 Å². The smallest absolute Gasteiger partial charge is 0.338 e. The van der Waals surface area contributed by atoms with Crippen LogP contribution >= 0.6 is 11.6 Å². The molecule has 1 amide bonds. The van der Waals surface area contributed by atoms with Gasteiger partial charge in [0, 0.05) is 31.9 Å². The summed E-state index contributed by atoms with van der Waals surface area (Å²) in [6.07, 6.45) is 0. The summed E-state index contributed by atoms with van der Waals surface area (Å²) in [5, 5.41) is 0.632. The average molecular weight is 391 g/mol. The molecule has 0 N–H and O–H groups in total. The van der Waals surface area contributed by atoms with Crippen LogP contribution in [0.15, 0.2) is 48.5 Å². The van der Waals surface area contributed by atoms with Gasteiger partial charge in [-0.15, -0.1) is 0 Å². The van der Waals surface area contributed by atoms with Crippen LogP contribution in [0.3, 0.4) is 0 Å². The highest BCUT2D eigenvalue weighted by Gasteiger charge is 2.14. The molecule has 2 rings (SSSR count). The molecular formula is C20H23ClN2O4. The van der Waals surface area contributed by atoms with Gasteiger partial charge < -0.3 is 19.3 Å². The Morgan fingerprint density at radius 3 is 2.41 bits per heavy atom. The third-order valence-electron chi connectivity index (χ3n) is 3.86. The molecule has 0 aliphatic rings. The molecule has 0 fully saturated rings. The van der Waals surface area contributed by atoms with Crippen LogP contribution in [0.5, 0.6) is 5.75 Å². The van der Waals surface area contributed by atoms with Crippen LogP contribution in [0.2, 0.25) is 5.02 Å². The fourth-order valence-corrected chi connectivity index (χ4v) is 2.31. The Hall–Kier alpha value is -2.73. The van der Waals surface area contributed by atoms with Gasteiger partial charge in [0.15, 0.2) is 6.61 Å². The van der Waals surface area contributed by atoms with E-state index >= 15 is 0 Å². The summed E-state index contributed by atoms with van der Waals surface area (Å²) in [4.78, 5) is 27.6. The van der Waals surface area contributed by atoms with Gasteiger partial charge >= 0.3 is 5.97 Å². The highest BCUT2D eigenvalue weighted by atomic mass is 35.5. The van der Waals surface area contributed by atoms with Crippen molar-refractivity contribution in [1.29, 1.82) is 0 Å². The zero-order chi connectivity index (χ0) is 19.8. The van der Waals surface area contributed by atoms with Gasteiger partial charge in [0.1, 0.15) is 12.4 Å². The van der Waals surface area contributed by atoms with Crippen molar-refractivity contribution in [3.63, 3.8) is 0 Å². The second kappa shape index (κ2) is 9.83. The van der Waals surface area contributed by atoms with Crippen LogP contribution in [0, 0.1) is 0 Å². The molecule has 0 heterocycles. The standard InChI is InChI=1S/C20H23ClN2O4/c1-22(2)17-6-4-5-15(13-17)20(25)27-14-19(24)23(3)11-12-26-18-9-7-16(21)8-10-18/h4-10,13H,11-12,14H2,1-3H3. The number of esters is 1. The number of carbonyl (C=O) groups is 2. The molecule has 0 unspecified atom stereocenters. The molecule has 7 heteroatoms. The summed E-state index contributed by atoms with van der Waals surface area (Å²) >= 11 is 5.81. The number of halogens is 1. The summed E-state index contributed by atoms with van der Waals surface area (Å²) in [6, 6.07) is 14.0. The first kappa shape index (κ1) is 20.6. The number of hydrogen-bond acceptors (Lipinski definition) is 5. The van der Waals surface area contributed by atoms with Gasteiger partial charge in [0.2, 0.25) is 0 Å². The number of amides is 1. The first-order chi connectivity index (χ1) is 12.9. The number of benzene rings is 2. The van der Waals surface area contributed by atoms with E-state index in [1.807, 2.05) is 25.1 Å². The van der Waals surface area contributed by atoms with Crippen LogP contribution in [-0.2, 0) is 9.53 Å². The van der Waals surface area contributed by atoms with Crippen molar-refractivity contribution >= 4 is 29.2 Å². The van der Waals surface area contributed by atoms with Gasteiger partial charge in [0.05, 0.1) is 12.1 Å².